The summed E-state index contributed by atoms with van der Waals surface area (Å²) in [6, 6.07) is 2.59. The zero-order chi connectivity index (χ0) is 14.4. The molecule has 6 nitrogen and oxygen atoms in total. The highest BCUT2D eigenvalue weighted by Gasteiger charge is 2.18. The Morgan fingerprint density at radius 3 is 2.20 bits per heavy atom. The Labute approximate surface area is 124 Å². The van der Waals surface area contributed by atoms with Crippen LogP contribution in [0.15, 0.2) is 12.1 Å². The first-order chi connectivity index (χ1) is 9.03. The summed E-state index contributed by atoms with van der Waals surface area (Å²) < 4.78 is 14.9. The Morgan fingerprint density at radius 2 is 1.80 bits per heavy atom. The molecule has 7 heteroatoms. The summed E-state index contributed by atoms with van der Waals surface area (Å²) in [4.78, 5) is 11.4. The minimum absolute atomic E-state index is 0. The summed E-state index contributed by atoms with van der Waals surface area (Å²) in [6.07, 6.45) is 0.0466. The highest BCUT2D eigenvalue weighted by Crippen LogP contribution is 2.38. The zero-order valence-corrected chi connectivity index (χ0v) is 12.5. The molecule has 0 saturated carbocycles. The zero-order valence-electron chi connectivity index (χ0n) is 11.7. The minimum Gasteiger partial charge on any atom is -0.502 e. The summed E-state index contributed by atoms with van der Waals surface area (Å²) in [5, 5.41) is 9.78. The predicted octanol–water partition coefficient (Wildman–Crippen LogP) is 1.78. The Hall–Kier alpha value is -1.66. The Bertz CT molecular complexity index is 427. The summed E-state index contributed by atoms with van der Waals surface area (Å²) in [6.45, 7) is 2.05. The standard InChI is InChI=1S/C13H19NO5.ClH/c1-4-19-12(15)7-9(14)8-5-10(17-2)13(16)11(6-8)18-3;/h5-6,9,16H,4,7,14H2,1-3H3;1H/t9-;/m0./s1. The SMILES string of the molecule is CCOC(=O)C[C@H](N)c1cc(OC)c(O)c(OC)c1.Cl. The smallest absolute Gasteiger partial charge is 0.307 e. The molecule has 0 unspecified atom stereocenters. The second-order valence-corrected chi connectivity index (χ2v) is 3.89. The van der Waals surface area contributed by atoms with Crippen molar-refractivity contribution in [2.75, 3.05) is 20.8 Å². The molecule has 0 amide bonds. The van der Waals surface area contributed by atoms with Crippen molar-refractivity contribution in [2.45, 2.75) is 19.4 Å². The van der Waals surface area contributed by atoms with Crippen LogP contribution in [0.4, 0.5) is 0 Å². The van der Waals surface area contributed by atoms with Crippen molar-refractivity contribution in [3.8, 4) is 17.2 Å². The van der Waals surface area contributed by atoms with Gasteiger partial charge in [0.25, 0.3) is 0 Å². The van der Waals surface area contributed by atoms with E-state index in [1.165, 1.54) is 14.2 Å². The number of phenolic OH excluding ortho intramolecular Hbond substituents is 1. The molecule has 0 fully saturated rings. The monoisotopic (exact) mass is 305 g/mol. The quantitative estimate of drug-likeness (QED) is 0.779. The number of hydrogen-bond acceptors (Lipinski definition) is 6. The molecule has 0 heterocycles. The van der Waals surface area contributed by atoms with Gasteiger partial charge in [0.05, 0.1) is 27.2 Å². The van der Waals surface area contributed by atoms with Gasteiger partial charge in [-0.3, -0.25) is 4.79 Å². The van der Waals surface area contributed by atoms with Crippen molar-refractivity contribution < 1.29 is 24.1 Å². The van der Waals surface area contributed by atoms with Crippen LogP contribution >= 0.6 is 12.4 Å². The van der Waals surface area contributed by atoms with E-state index in [1.54, 1.807) is 19.1 Å². The van der Waals surface area contributed by atoms with E-state index < -0.39 is 6.04 Å². The molecule has 0 aromatic heterocycles. The number of phenols is 1. The molecular formula is C13H20ClNO5. The van der Waals surface area contributed by atoms with Gasteiger partial charge in [-0.25, -0.2) is 0 Å². The third kappa shape index (κ3) is 4.47. The number of aromatic hydroxyl groups is 1. The minimum atomic E-state index is -0.553. The molecule has 20 heavy (non-hydrogen) atoms. The number of methoxy groups -OCH3 is 2. The summed E-state index contributed by atoms with van der Waals surface area (Å²) in [7, 11) is 2.85. The van der Waals surface area contributed by atoms with E-state index in [0.717, 1.165) is 0 Å². The Morgan fingerprint density at radius 1 is 1.30 bits per heavy atom. The lowest BCUT2D eigenvalue weighted by atomic mass is 10.0. The fourth-order valence-corrected chi connectivity index (χ4v) is 1.65. The molecule has 1 aromatic rings. The van der Waals surface area contributed by atoms with Crippen LogP contribution in [0.3, 0.4) is 0 Å². The lowest BCUT2D eigenvalue weighted by Crippen LogP contribution is -2.17. The van der Waals surface area contributed by atoms with Crippen molar-refractivity contribution in [1.29, 1.82) is 0 Å². The molecular weight excluding hydrogens is 286 g/mol. The van der Waals surface area contributed by atoms with Crippen molar-refractivity contribution in [3.05, 3.63) is 17.7 Å². The lowest BCUT2D eigenvalue weighted by molar-refractivity contribution is -0.143. The average molecular weight is 306 g/mol. The van der Waals surface area contributed by atoms with Gasteiger partial charge in [0.15, 0.2) is 11.5 Å². The van der Waals surface area contributed by atoms with Gasteiger partial charge >= 0.3 is 5.97 Å². The molecule has 1 atom stereocenters. The van der Waals surface area contributed by atoms with Crippen LogP contribution < -0.4 is 15.2 Å². The average Bonchev–Trinajstić information content (AvgIpc) is 2.39. The van der Waals surface area contributed by atoms with E-state index in [9.17, 15) is 9.90 Å². The first kappa shape index (κ1) is 18.3. The maximum absolute atomic E-state index is 11.4. The first-order valence-electron chi connectivity index (χ1n) is 5.89. The number of esters is 1. The number of nitrogens with two attached hydrogens (primary N) is 1. The summed E-state index contributed by atoms with van der Waals surface area (Å²) >= 11 is 0. The second kappa shape index (κ2) is 8.50. The number of carbonyl (C=O) groups excluding carboxylic acids is 1. The molecule has 1 rings (SSSR count). The largest absolute Gasteiger partial charge is 0.502 e. The molecule has 0 aliphatic carbocycles. The lowest BCUT2D eigenvalue weighted by Gasteiger charge is -2.15. The molecule has 0 saturated heterocycles. The van der Waals surface area contributed by atoms with Crippen LogP contribution in [0, 0.1) is 0 Å². The van der Waals surface area contributed by atoms with Crippen LogP contribution in [0.5, 0.6) is 17.2 Å². The maximum Gasteiger partial charge on any atom is 0.307 e. The van der Waals surface area contributed by atoms with Crippen LogP contribution in [0.25, 0.3) is 0 Å². The van der Waals surface area contributed by atoms with Crippen LogP contribution in [-0.4, -0.2) is 31.9 Å². The molecule has 3 N–H and O–H groups in total. The van der Waals surface area contributed by atoms with E-state index >= 15 is 0 Å². The van der Waals surface area contributed by atoms with Gasteiger partial charge in [-0.15, -0.1) is 12.4 Å². The molecule has 0 spiro atoms. The predicted molar refractivity (Wildman–Crippen MR) is 76.6 cm³/mol. The van der Waals surface area contributed by atoms with E-state index in [2.05, 4.69) is 0 Å². The molecule has 0 bridgehead atoms. The molecule has 114 valence electrons. The fraction of sp³-hybridized carbons (Fsp3) is 0.462. The van der Waals surface area contributed by atoms with Gasteiger partial charge in [-0.1, -0.05) is 0 Å². The van der Waals surface area contributed by atoms with Gasteiger partial charge in [-0.2, -0.15) is 0 Å². The number of ether oxygens (including phenoxy) is 3. The van der Waals surface area contributed by atoms with Crippen molar-refractivity contribution >= 4 is 18.4 Å². The molecule has 0 aliphatic heterocycles. The topological polar surface area (TPSA) is 91.0 Å². The number of hydrogen-bond donors (Lipinski definition) is 2. The first-order valence-corrected chi connectivity index (χ1v) is 5.89. The Kier molecular flexibility index (Phi) is 7.79. The van der Waals surface area contributed by atoms with E-state index in [-0.39, 0.29) is 42.0 Å². The van der Waals surface area contributed by atoms with Crippen molar-refractivity contribution in [1.82, 2.24) is 0 Å². The third-order valence-corrected chi connectivity index (χ3v) is 2.62. The normalized spacial score (nSPS) is 11.2. The van der Waals surface area contributed by atoms with Gasteiger partial charge in [-0.05, 0) is 24.6 Å². The van der Waals surface area contributed by atoms with Gasteiger partial charge < -0.3 is 25.1 Å². The van der Waals surface area contributed by atoms with Crippen LogP contribution in [0.2, 0.25) is 0 Å². The van der Waals surface area contributed by atoms with E-state index in [4.69, 9.17) is 19.9 Å². The molecule has 0 aliphatic rings. The third-order valence-electron chi connectivity index (χ3n) is 2.62. The molecule has 1 aromatic carbocycles. The van der Waals surface area contributed by atoms with Gasteiger partial charge in [0.2, 0.25) is 5.75 Å². The number of halogens is 1. The highest BCUT2D eigenvalue weighted by molar-refractivity contribution is 5.85. The Balaban J connectivity index is 0.00000361. The van der Waals surface area contributed by atoms with Crippen LogP contribution in [0.1, 0.15) is 24.9 Å². The number of benzene rings is 1. The highest BCUT2D eigenvalue weighted by atomic mass is 35.5. The summed E-state index contributed by atoms with van der Waals surface area (Å²) in [5.74, 6) is 0.0143. The van der Waals surface area contributed by atoms with Gasteiger partial charge in [0, 0.05) is 6.04 Å². The van der Waals surface area contributed by atoms with Crippen molar-refractivity contribution in [3.63, 3.8) is 0 Å². The van der Waals surface area contributed by atoms with E-state index in [0.29, 0.717) is 12.2 Å². The number of carbonyl (C=O) groups is 1. The van der Waals surface area contributed by atoms with Gasteiger partial charge in [0.1, 0.15) is 0 Å². The molecule has 0 radical (unpaired) electrons. The number of rotatable bonds is 6. The van der Waals surface area contributed by atoms with E-state index in [1.807, 2.05) is 0 Å². The maximum atomic E-state index is 11.4. The van der Waals surface area contributed by atoms with Crippen LogP contribution in [-0.2, 0) is 9.53 Å². The van der Waals surface area contributed by atoms with Crippen molar-refractivity contribution in [2.24, 2.45) is 5.73 Å². The summed E-state index contributed by atoms with van der Waals surface area (Å²) in [5.41, 5.74) is 6.55. The fourth-order valence-electron chi connectivity index (χ4n) is 1.65. The second-order valence-electron chi connectivity index (χ2n) is 3.89.